The molecule has 0 saturated carbocycles. The summed E-state index contributed by atoms with van der Waals surface area (Å²) in [5.41, 5.74) is 2.71. The Hall–Kier alpha value is -4.75. The van der Waals surface area contributed by atoms with Gasteiger partial charge in [-0.3, -0.25) is 9.52 Å². The van der Waals surface area contributed by atoms with Crippen molar-refractivity contribution in [3.8, 4) is 22.8 Å². The quantitative estimate of drug-likeness (QED) is 0.200. The van der Waals surface area contributed by atoms with Crippen LogP contribution in [0.4, 0.5) is 21.6 Å². The molecular weight excluding hydrogens is 589 g/mol. The number of rotatable bonds is 10. The van der Waals surface area contributed by atoms with E-state index in [1.807, 2.05) is 30.3 Å². The van der Waals surface area contributed by atoms with Gasteiger partial charge in [0.2, 0.25) is 0 Å². The Morgan fingerprint density at radius 1 is 1.00 bits per heavy atom. The first-order valence-electron chi connectivity index (χ1n) is 13.8. The van der Waals surface area contributed by atoms with E-state index in [1.54, 1.807) is 24.3 Å². The molecule has 5 rings (SSSR count). The Labute approximate surface area is 255 Å². The first-order chi connectivity index (χ1) is 21.2. The predicted octanol–water partition coefficient (Wildman–Crippen LogP) is 5.26. The van der Waals surface area contributed by atoms with Crippen molar-refractivity contribution in [2.24, 2.45) is 5.92 Å². The van der Waals surface area contributed by atoms with E-state index in [0.29, 0.717) is 23.1 Å². The Kier molecular flexibility index (Phi) is 11.1. The summed E-state index contributed by atoms with van der Waals surface area (Å²) in [7, 11) is -0.512. The summed E-state index contributed by atoms with van der Waals surface area (Å²) < 4.78 is 52.7. The highest BCUT2D eigenvalue weighted by molar-refractivity contribution is 7.92. The molecule has 1 aliphatic rings. The highest BCUT2D eigenvalue weighted by Crippen LogP contribution is 2.26. The van der Waals surface area contributed by atoms with Gasteiger partial charge < -0.3 is 24.8 Å². The number of hydrogen-bond acceptors (Lipinski definition) is 9. The number of hydrogen-bond donors (Lipinski definition) is 3. The van der Waals surface area contributed by atoms with Gasteiger partial charge in [-0.25, -0.2) is 22.8 Å². The van der Waals surface area contributed by atoms with Crippen LogP contribution in [-0.2, 0) is 14.8 Å². The average Bonchev–Trinajstić information content (AvgIpc) is 3.02. The van der Waals surface area contributed by atoms with Gasteiger partial charge >= 0.3 is 0 Å². The van der Waals surface area contributed by atoms with Crippen LogP contribution in [0.15, 0.2) is 84.0 Å². The molecule has 0 amide bonds. The normalized spacial score (nSPS) is 13.7. The summed E-state index contributed by atoms with van der Waals surface area (Å²) in [4.78, 5) is 19.2. The number of anilines is 3. The van der Waals surface area contributed by atoms with Crippen LogP contribution in [0, 0.1) is 11.7 Å². The van der Waals surface area contributed by atoms with Crippen molar-refractivity contribution in [1.29, 1.82) is 0 Å². The Morgan fingerprint density at radius 3 is 2.30 bits per heavy atom. The topological polar surface area (TPSA) is 143 Å². The van der Waals surface area contributed by atoms with Crippen molar-refractivity contribution >= 4 is 33.7 Å². The number of benzene rings is 3. The van der Waals surface area contributed by atoms with Crippen molar-refractivity contribution in [2.45, 2.75) is 17.7 Å². The maximum atomic E-state index is 14.0. The maximum absolute atomic E-state index is 14.0. The standard InChI is InChI=1S/C30H32FN5O4S.CH2O2/c1-36-15-13-21(14-16-36)19-40-25-9-3-22(4-10-25)28-18-30(33-20-32-28)34-23-5-7-24(8-6-23)35-41(37,38)26-11-12-29(39-2)27(31)17-26;2-1-3/h3-12,17-18,20-21,35H,13-16,19H2,1-2H3,(H,32,33,34);1H,(H,2,3). The molecule has 3 N–H and O–H groups in total. The molecule has 1 aliphatic heterocycles. The number of aromatic nitrogens is 2. The first kappa shape index (κ1) is 32.2. The fraction of sp³-hybridized carbons (Fsp3) is 0.258. The minimum atomic E-state index is -3.98. The molecule has 0 unspecified atom stereocenters. The fourth-order valence-corrected chi connectivity index (χ4v) is 5.62. The number of sulfonamides is 1. The summed E-state index contributed by atoms with van der Waals surface area (Å²) in [6.45, 7) is 2.72. The van der Waals surface area contributed by atoms with Gasteiger partial charge in [0.25, 0.3) is 16.5 Å². The summed E-state index contributed by atoms with van der Waals surface area (Å²) in [6.07, 6.45) is 3.81. The molecule has 0 aliphatic carbocycles. The van der Waals surface area contributed by atoms with Gasteiger partial charge in [0.1, 0.15) is 17.9 Å². The zero-order chi connectivity index (χ0) is 31.5. The van der Waals surface area contributed by atoms with Crippen LogP contribution in [0.2, 0.25) is 0 Å². The molecule has 1 aromatic heterocycles. The third kappa shape index (κ3) is 8.88. The van der Waals surface area contributed by atoms with Crippen LogP contribution in [0.25, 0.3) is 11.3 Å². The zero-order valence-corrected chi connectivity index (χ0v) is 25.1. The lowest BCUT2D eigenvalue weighted by molar-refractivity contribution is -0.122. The molecule has 232 valence electrons. The number of ether oxygens (including phenoxy) is 2. The molecule has 11 nitrogen and oxygen atoms in total. The van der Waals surface area contributed by atoms with Crippen molar-refractivity contribution < 1.29 is 32.2 Å². The second-order valence-electron chi connectivity index (χ2n) is 10.1. The van der Waals surface area contributed by atoms with E-state index in [0.717, 1.165) is 55.6 Å². The van der Waals surface area contributed by atoms with E-state index in [1.165, 1.54) is 25.6 Å². The third-order valence-corrected chi connectivity index (χ3v) is 8.36. The summed E-state index contributed by atoms with van der Waals surface area (Å²) >= 11 is 0. The van der Waals surface area contributed by atoms with Crippen molar-refractivity contribution in [2.75, 3.05) is 43.9 Å². The van der Waals surface area contributed by atoms with Crippen LogP contribution in [0.3, 0.4) is 0 Å². The van der Waals surface area contributed by atoms with Crippen LogP contribution in [0.1, 0.15) is 12.8 Å². The highest BCUT2D eigenvalue weighted by Gasteiger charge is 2.18. The number of piperidine rings is 1. The Morgan fingerprint density at radius 2 is 1.66 bits per heavy atom. The monoisotopic (exact) mass is 623 g/mol. The van der Waals surface area contributed by atoms with Crippen LogP contribution < -0.4 is 19.5 Å². The number of halogens is 1. The van der Waals surface area contributed by atoms with Gasteiger partial charge in [-0.15, -0.1) is 0 Å². The predicted molar refractivity (Wildman–Crippen MR) is 165 cm³/mol. The SMILES string of the molecule is COc1ccc(S(=O)(=O)Nc2ccc(Nc3cc(-c4ccc(OCC5CCN(C)CC5)cc4)ncn3)cc2)cc1F.O=CO. The molecule has 2 heterocycles. The van der Waals surface area contributed by atoms with Gasteiger partial charge in [-0.2, -0.15) is 0 Å². The van der Waals surface area contributed by atoms with E-state index >= 15 is 0 Å². The van der Waals surface area contributed by atoms with Crippen LogP contribution in [-0.4, -0.2) is 68.7 Å². The Balaban J connectivity index is 0.00000141. The molecule has 3 aromatic carbocycles. The maximum Gasteiger partial charge on any atom is 0.290 e. The number of carbonyl (C=O) groups is 1. The van der Waals surface area contributed by atoms with Gasteiger partial charge in [-0.05, 0) is 106 Å². The molecule has 44 heavy (non-hydrogen) atoms. The van der Waals surface area contributed by atoms with Gasteiger partial charge in [0, 0.05) is 23.0 Å². The molecule has 0 radical (unpaired) electrons. The number of nitrogens with zero attached hydrogens (tertiary/aromatic N) is 3. The Bertz CT molecular complexity index is 1630. The highest BCUT2D eigenvalue weighted by atomic mass is 32.2. The van der Waals surface area contributed by atoms with E-state index in [4.69, 9.17) is 19.4 Å². The first-order valence-corrected chi connectivity index (χ1v) is 15.2. The van der Waals surface area contributed by atoms with Crippen molar-refractivity contribution in [3.63, 3.8) is 0 Å². The second-order valence-corrected chi connectivity index (χ2v) is 11.8. The number of nitrogens with one attached hydrogen (secondary N) is 2. The van der Waals surface area contributed by atoms with Gasteiger partial charge in [0.05, 0.1) is 24.3 Å². The molecule has 1 saturated heterocycles. The molecule has 0 atom stereocenters. The smallest absolute Gasteiger partial charge is 0.290 e. The molecule has 0 spiro atoms. The lowest BCUT2D eigenvalue weighted by atomic mass is 9.98. The van der Waals surface area contributed by atoms with E-state index in [-0.39, 0.29) is 17.1 Å². The lowest BCUT2D eigenvalue weighted by Crippen LogP contribution is -2.32. The molecule has 4 aromatic rings. The minimum absolute atomic E-state index is 0.0309. The van der Waals surface area contributed by atoms with Crippen LogP contribution in [0.5, 0.6) is 11.5 Å². The van der Waals surface area contributed by atoms with Crippen LogP contribution >= 0.6 is 0 Å². The molecular formula is C31H34FN5O6S. The zero-order valence-electron chi connectivity index (χ0n) is 24.3. The fourth-order valence-electron chi connectivity index (χ4n) is 4.55. The largest absolute Gasteiger partial charge is 0.494 e. The minimum Gasteiger partial charge on any atom is -0.494 e. The van der Waals surface area contributed by atoms with E-state index in [9.17, 15) is 12.8 Å². The lowest BCUT2D eigenvalue weighted by Gasteiger charge is -2.28. The second kappa shape index (κ2) is 15.1. The average molecular weight is 624 g/mol. The van der Waals surface area contributed by atoms with Gasteiger partial charge in [-0.1, -0.05) is 0 Å². The molecule has 13 heteroatoms. The van der Waals surface area contributed by atoms with Crippen molar-refractivity contribution in [1.82, 2.24) is 14.9 Å². The van der Waals surface area contributed by atoms with E-state index < -0.39 is 15.8 Å². The summed E-state index contributed by atoms with van der Waals surface area (Å²) in [5.74, 6) is 1.23. The molecule has 1 fully saturated rings. The van der Waals surface area contributed by atoms with Gasteiger partial charge in [0.15, 0.2) is 11.6 Å². The summed E-state index contributed by atoms with van der Waals surface area (Å²) in [5, 5.41) is 10.1. The van der Waals surface area contributed by atoms with E-state index in [2.05, 4.69) is 32.0 Å². The number of likely N-dealkylation sites (tertiary alicyclic amines) is 1. The molecule has 0 bridgehead atoms. The van der Waals surface area contributed by atoms with Crippen molar-refractivity contribution in [3.05, 3.63) is 84.9 Å². The number of carboxylic acid groups (broad SMARTS) is 1. The number of methoxy groups -OCH3 is 1. The third-order valence-electron chi connectivity index (χ3n) is 6.98. The summed E-state index contributed by atoms with van der Waals surface area (Å²) in [6, 6.07) is 19.8.